The van der Waals surface area contributed by atoms with Crippen LogP contribution in [0.25, 0.3) is 0 Å². The molecule has 0 rings (SSSR count). The lowest BCUT2D eigenvalue weighted by Gasteiger charge is -2.33. The smallest absolute Gasteiger partial charge is 0.308 e. The topological polar surface area (TPSA) is 82.1 Å². The Morgan fingerprint density at radius 1 is 1.06 bits per heavy atom. The summed E-state index contributed by atoms with van der Waals surface area (Å²) in [5, 5.41) is 10.7. The zero-order chi connectivity index (χ0) is 25.0. The zero-order valence-electron chi connectivity index (χ0n) is 22.2. The number of ether oxygens (including phenoxy) is 2. The molecule has 0 radical (unpaired) electrons. The maximum Gasteiger partial charge on any atom is 0.308 e. The quantitative estimate of drug-likeness (QED) is 0.201. The Morgan fingerprint density at radius 3 is 2.09 bits per heavy atom. The van der Waals surface area contributed by atoms with Crippen LogP contribution in [0.4, 0.5) is 0 Å². The van der Waals surface area contributed by atoms with Gasteiger partial charge < -0.3 is 19.0 Å². The Hall–Kier alpha value is -0.706. The number of carbonyl (C=O) groups is 2. The molecule has 190 valence electrons. The van der Waals surface area contributed by atoms with Crippen molar-refractivity contribution in [3.63, 3.8) is 0 Å². The van der Waals surface area contributed by atoms with E-state index in [0.29, 0.717) is 32.3 Å². The van der Waals surface area contributed by atoms with Gasteiger partial charge in [-0.05, 0) is 57.3 Å². The normalized spacial score (nSPS) is 16.2. The average molecular weight is 491 g/mol. The van der Waals surface area contributed by atoms with E-state index in [1.54, 1.807) is 6.92 Å². The number of rotatable bonds is 17. The third kappa shape index (κ3) is 14.4. The van der Waals surface area contributed by atoms with E-state index >= 15 is 0 Å². The molecule has 1 N–H and O–H groups in total. The predicted octanol–water partition coefficient (Wildman–Crippen LogP) is 5.91. The lowest BCUT2D eigenvalue weighted by molar-refractivity contribution is -0.148. The van der Waals surface area contributed by atoms with Crippen molar-refractivity contribution in [1.82, 2.24) is 0 Å². The SMILES string of the molecule is CC[Si](CC)(CC)O[C@H](C)C[C@H](CCC[C@@](C)(O)CC(=O)OCC[Si](C)(C)C)OC(C)=O. The second kappa shape index (κ2) is 14.5. The minimum absolute atomic E-state index is 0.0198. The van der Waals surface area contributed by atoms with Crippen LogP contribution in [0.3, 0.4) is 0 Å². The summed E-state index contributed by atoms with van der Waals surface area (Å²) >= 11 is 0. The molecular weight excluding hydrogens is 440 g/mol. The molecular formula is C24H50O6Si2. The molecule has 0 aromatic carbocycles. The summed E-state index contributed by atoms with van der Waals surface area (Å²) in [6.45, 7) is 18.9. The van der Waals surface area contributed by atoms with E-state index in [1.165, 1.54) is 6.92 Å². The molecule has 0 aliphatic heterocycles. The molecule has 0 aliphatic carbocycles. The van der Waals surface area contributed by atoms with E-state index < -0.39 is 22.0 Å². The number of hydrogen-bond donors (Lipinski definition) is 1. The Kier molecular flexibility index (Phi) is 14.2. The largest absolute Gasteiger partial charge is 0.466 e. The fourth-order valence-corrected chi connectivity index (χ4v) is 7.60. The van der Waals surface area contributed by atoms with Gasteiger partial charge in [0, 0.05) is 27.5 Å². The van der Waals surface area contributed by atoms with Crippen molar-refractivity contribution in [2.45, 2.75) is 135 Å². The van der Waals surface area contributed by atoms with Gasteiger partial charge in [-0.15, -0.1) is 0 Å². The second-order valence-corrected chi connectivity index (χ2v) is 21.1. The summed E-state index contributed by atoms with van der Waals surface area (Å²) in [7, 11) is -2.97. The third-order valence-corrected chi connectivity index (χ3v) is 12.7. The fourth-order valence-electron chi connectivity index (χ4n) is 3.94. The number of hydrogen-bond acceptors (Lipinski definition) is 6. The molecule has 32 heavy (non-hydrogen) atoms. The fraction of sp³-hybridized carbons (Fsp3) is 0.917. The molecule has 0 bridgehead atoms. The molecule has 0 aliphatic rings. The molecule has 8 heteroatoms. The molecule has 6 nitrogen and oxygen atoms in total. The van der Waals surface area contributed by atoms with Crippen LogP contribution in [-0.4, -0.2) is 57.9 Å². The first kappa shape index (κ1) is 31.3. The number of aliphatic hydroxyl groups is 1. The minimum atomic E-state index is -1.72. The van der Waals surface area contributed by atoms with Crippen LogP contribution in [0.15, 0.2) is 0 Å². The van der Waals surface area contributed by atoms with Crippen LogP contribution in [0.2, 0.25) is 43.8 Å². The van der Waals surface area contributed by atoms with Gasteiger partial charge in [-0.25, -0.2) is 0 Å². The third-order valence-electron chi connectivity index (χ3n) is 6.19. The standard InChI is InChI=1S/C24H50O6Si2/c1-10-32(11-2,12-3)30-20(4)18-22(29-21(5)25)14-13-15-24(6,27)19-23(26)28-16-17-31(7,8)9/h20,22,27H,10-19H2,1-9H3/t20-,22+,24-/m1/s1. The Bertz CT molecular complexity index is 547. The van der Waals surface area contributed by atoms with Gasteiger partial charge in [0.05, 0.1) is 18.6 Å². The van der Waals surface area contributed by atoms with Crippen molar-refractivity contribution in [3.05, 3.63) is 0 Å². The first-order valence-electron chi connectivity index (χ1n) is 12.4. The molecule has 0 unspecified atom stereocenters. The Morgan fingerprint density at radius 2 is 1.62 bits per heavy atom. The van der Waals surface area contributed by atoms with Crippen molar-refractivity contribution >= 4 is 28.3 Å². The van der Waals surface area contributed by atoms with Crippen LogP contribution in [0.1, 0.15) is 73.6 Å². The average Bonchev–Trinajstić information content (AvgIpc) is 2.64. The highest BCUT2D eigenvalue weighted by Gasteiger charge is 2.32. The summed E-state index contributed by atoms with van der Waals surface area (Å²) in [5.41, 5.74) is -1.13. The minimum Gasteiger partial charge on any atom is -0.466 e. The first-order valence-corrected chi connectivity index (χ1v) is 18.6. The monoisotopic (exact) mass is 490 g/mol. The van der Waals surface area contributed by atoms with Crippen LogP contribution < -0.4 is 0 Å². The Labute approximate surface area is 198 Å². The van der Waals surface area contributed by atoms with Gasteiger partial charge in [0.25, 0.3) is 0 Å². The number of carbonyl (C=O) groups excluding carboxylic acids is 2. The summed E-state index contributed by atoms with van der Waals surface area (Å²) in [6.07, 6.45) is 2.13. The van der Waals surface area contributed by atoms with E-state index in [-0.39, 0.29) is 30.6 Å². The molecule has 0 aromatic heterocycles. The number of esters is 2. The van der Waals surface area contributed by atoms with Crippen molar-refractivity contribution in [2.75, 3.05) is 6.61 Å². The zero-order valence-corrected chi connectivity index (χ0v) is 24.2. The lowest BCUT2D eigenvalue weighted by Crippen LogP contribution is -2.40. The highest BCUT2D eigenvalue weighted by molar-refractivity contribution is 6.76. The van der Waals surface area contributed by atoms with E-state index in [1.807, 2.05) is 0 Å². The highest BCUT2D eigenvalue weighted by Crippen LogP contribution is 2.26. The molecule has 3 atom stereocenters. The van der Waals surface area contributed by atoms with Gasteiger partial charge in [-0.1, -0.05) is 40.4 Å². The van der Waals surface area contributed by atoms with E-state index in [4.69, 9.17) is 13.9 Å². The van der Waals surface area contributed by atoms with Gasteiger partial charge >= 0.3 is 11.9 Å². The van der Waals surface area contributed by atoms with Gasteiger partial charge in [-0.3, -0.25) is 9.59 Å². The summed E-state index contributed by atoms with van der Waals surface area (Å²) in [4.78, 5) is 23.7. The van der Waals surface area contributed by atoms with Crippen LogP contribution in [-0.2, 0) is 23.5 Å². The van der Waals surface area contributed by atoms with E-state index in [9.17, 15) is 14.7 Å². The van der Waals surface area contributed by atoms with E-state index in [0.717, 1.165) is 24.2 Å². The maximum atomic E-state index is 12.1. The summed E-state index contributed by atoms with van der Waals surface area (Å²) in [5.74, 6) is -0.656. The summed E-state index contributed by atoms with van der Waals surface area (Å²) in [6, 6.07) is 4.17. The van der Waals surface area contributed by atoms with Gasteiger partial charge in [-0.2, -0.15) is 0 Å². The molecule has 0 saturated carbocycles. The van der Waals surface area contributed by atoms with Crippen LogP contribution in [0.5, 0.6) is 0 Å². The lowest BCUT2D eigenvalue weighted by atomic mass is 9.93. The van der Waals surface area contributed by atoms with Crippen molar-refractivity contribution in [1.29, 1.82) is 0 Å². The van der Waals surface area contributed by atoms with Crippen molar-refractivity contribution in [2.24, 2.45) is 0 Å². The second-order valence-electron chi connectivity index (χ2n) is 10.7. The van der Waals surface area contributed by atoms with Crippen molar-refractivity contribution in [3.8, 4) is 0 Å². The predicted molar refractivity (Wildman–Crippen MR) is 136 cm³/mol. The highest BCUT2D eigenvalue weighted by atomic mass is 28.4. The van der Waals surface area contributed by atoms with E-state index in [2.05, 4.69) is 47.3 Å². The molecule has 0 fully saturated rings. The maximum absolute atomic E-state index is 12.1. The van der Waals surface area contributed by atoms with Gasteiger partial charge in [0.15, 0.2) is 8.32 Å². The Balaban J connectivity index is 4.66. The van der Waals surface area contributed by atoms with Gasteiger partial charge in [0.2, 0.25) is 0 Å². The summed E-state index contributed by atoms with van der Waals surface area (Å²) < 4.78 is 17.4. The van der Waals surface area contributed by atoms with Gasteiger partial charge in [0.1, 0.15) is 6.10 Å². The molecule has 0 spiro atoms. The van der Waals surface area contributed by atoms with Crippen molar-refractivity contribution < 1.29 is 28.6 Å². The molecule has 0 amide bonds. The first-order chi connectivity index (χ1) is 14.7. The molecule has 0 aromatic rings. The molecule has 0 saturated heterocycles. The van der Waals surface area contributed by atoms with Crippen LogP contribution >= 0.6 is 0 Å². The van der Waals surface area contributed by atoms with Crippen LogP contribution in [0, 0.1) is 0 Å². The molecule has 0 heterocycles.